The summed E-state index contributed by atoms with van der Waals surface area (Å²) < 4.78 is 0.593. The molecule has 0 saturated heterocycles. The molecule has 0 atom stereocenters. The second-order valence-electron chi connectivity index (χ2n) is 10.8. The van der Waals surface area contributed by atoms with Crippen LogP contribution in [0.1, 0.15) is 0 Å². The van der Waals surface area contributed by atoms with Crippen molar-refractivity contribution in [2.45, 2.75) is 62.8 Å². The van der Waals surface area contributed by atoms with Gasteiger partial charge in [0.15, 0.2) is 0 Å². The van der Waals surface area contributed by atoms with Gasteiger partial charge < -0.3 is 0 Å². The molecule has 0 bridgehead atoms. The average molecular weight is 415 g/mol. The molecule has 0 aromatic heterocycles. The van der Waals surface area contributed by atoms with Crippen LogP contribution in [0.15, 0.2) is 60.7 Å². The number of benzene rings is 2. The van der Waals surface area contributed by atoms with Crippen molar-refractivity contribution in [1.29, 1.82) is 0 Å². The number of hydrogen-bond acceptors (Lipinski definition) is 0. The van der Waals surface area contributed by atoms with E-state index in [-0.39, 0.29) is 0 Å². The molecule has 0 heterocycles. The third-order valence-corrected chi connectivity index (χ3v) is 40.2. The predicted molar refractivity (Wildman–Crippen MR) is 132 cm³/mol. The van der Waals surface area contributed by atoms with Gasteiger partial charge in [0.2, 0.25) is 0 Å². The van der Waals surface area contributed by atoms with Gasteiger partial charge in [0.25, 0.3) is 0 Å². The molecule has 0 unspecified atom stereocenters. The number of hydrogen-bond donors (Lipinski definition) is 0. The Bertz CT molecular complexity index is 628. The summed E-state index contributed by atoms with van der Waals surface area (Å²) in [6, 6.07) is 23.2. The standard InChI is InChI=1S/C22H38Si4/c1-24(2,3)22(25(4,5)6,26(7,8)9)23(20-16-12-10-13-17-20)21-18-14-11-15-19-21/h10-19,23H,1-9H3. The van der Waals surface area contributed by atoms with E-state index in [4.69, 9.17) is 0 Å². The van der Waals surface area contributed by atoms with Gasteiger partial charge in [-0.15, -0.1) is 0 Å². The zero-order valence-corrected chi connectivity index (χ0v) is 22.5. The molecule has 0 nitrogen and oxygen atoms in total. The van der Waals surface area contributed by atoms with Gasteiger partial charge in [-0.05, 0) is 3.91 Å². The molecule has 0 radical (unpaired) electrons. The largest absolute Gasteiger partial charge is 0.101 e. The minimum Gasteiger partial charge on any atom is -0.0697 e. The van der Waals surface area contributed by atoms with Gasteiger partial charge in [0.05, 0.1) is 0 Å². The van der Waals surface area contributed by atoms with Crippen LogP contribution in [0.4, 0.5) is 0 Å². The van der Waals surface area contributed by atoms with E-state index in [2.05, 4.69) is 120 Å². The van der Waals surface area contributed by atoms with Gasteiger partial charge in [0, 0.05) is 24.2 Å². The molecule has 0 aliphatic rings. The molecule has 0 spiro atoms. The Labute approximate surface area is 166 Å². The van der Waals surface area contributed by atoms with Crippen molar-refractivity contribution >= 4 is 43.4 Å². The smallest absolute Gasteiger partial charge is 0.0697 e. The molecule has 0 aliphatic carbocycles. The molecular formula is C22H38Si4. The van der Waals surface area contributed by atoms with Crippen LogP contribution in [0.25, 0.3) is 0 Å². The maximum Gasteiger partial charge on any atom is 0.101 e. The van der Waals surface area contributed by atoms with Crippen molar-refractivity contribution in [2.75, 3.05) is 0 Å². The van der Waals surface area contributed by atoms with Crippen molar-refractivity contribution in [2.24, 2.45) is 0 Å². The number of rotatable bonds is 6. The fourth-order valence-electron chi connectivity index (χ4n) is 6.66. The summed E-state index contributed by atoms with van der Waals surface area (Å²) in [7, 11) is -5.74. The molecule has 2 aromatic rings. The van der Waals surface area contributed by atoms with Crippen LogP contribution in [0.5, 0.6) is 0 Å². The Kier molecular flexibility index (Phi) is 6.13. The van der Waals surface area contributed by atoms with Crippen LogP contribution in [0.2, 0.25) is 62.8 Å². The van der Waals surface area contributed by atoms with Crippen molar-refractivity contribution in [3.63, 3.8) is 0 Å². The Balaban J connectivity index is 2.96. The summed E-state index contributed by atoms with van der Waals surface area (Å²) >= 11 is 0. The van der Waals surface area contributed by atoms with Gasteiger partial charge in [-0.1, -0.05) is 130 Å². The highest BCUT2D eigenvalue weighted by atomic mass is 28.5. The first-order chi connectivity index (χ1) is 11.8. The third kappa shape index (κ3) is 3.66. The van der Waals surface area contributed by atoms with E-state index in [1.54, 1.807) is 10.4 Å². The molecule has 142 valence electrons. The highest BCUT2D eigenvalue weighted by Gasteiger charge is 2.64. The van der Waals surface area contributed by atoms with E-state index >= 15 is 0 Å². The van der Waals surface area contributed by atoms with Crippen LogP contribution < -0.4 is 10.4 Å². The lowest BCUT2D eigenvalue weighted by molar-refractivity contribution is 1.22. The molecule has 26 heavy (non-hydrogen) atoms. The Morgan fingerprint density at radius 1 is 0.500 bits per heavy atom. The zero-order valence-electron chi connectivity index (χ0n) is 18.4. The quantitative estimate of drug-likeness (QED) is 0.555. The molecule has 0 saturated carbocycles. The first kappa shape index (κ1) is 21.6. The summed E-state index contributed by atoms with van der Waals surface area (Å²) in [5, 5.41) is 3.32. The Morgan fingerprint density at radius 3 is 1.00 bits per heavy atom. The molecule has 0 N–H and O–H groups in total. The molecule has 0 amide bonds. The fourth-order valence-corrected chi connectivity index (χ4v) is 49.6. The van der Waals surface area contributed by atoms with E-state index in [0.29, 0.717) is 3.91 Å². The summed E-state index contributed by atoms with van der Waals surface area (Å²) in [6.07, 6.45) is 0. The lowest BCUT2D eigenvalue weighted by Gasteiger charge is -2.63. The highest BCUT2D eigenvalue weighted by Crippen LogP contribution is 2.55. The first-order valence-electron chi connectivity index (χ1n) is 9.94. The topological polar surface area (TPSA) is 0 Å². The average Bonchev–Trinajstić information content (AvgIpc) is 2.50. The molecule has 4 heteroatoms. The van der Waals surface area contributed by atoms with Gasteiger partial charge in [-0.2, -0.15) is 0 Å². The monoisotopic (exact) mass is 414 g/mol. The minimum absolute atomic E-state index is 0.593. The van der Waals surface area contributed by atoms with Gasteiger partial charge in [-0.25, -0.2) is 0 Å². The van der Waals surface area contributed by atoms with Crippen molar-refractivity contribution in [3.8, 4) is 0 Å². The van der Waals surface area contributed by atoms with Crippen LogP contribution in [0.3, 0.4) is 0 Å². The summed E-state index contributed by atoms with van der Waals surface area (Å²) in [4.78, 5) is 0. The summed E-state index contributed by atoms with van der Waals surface area (Å²) in [5.74, 6) is 0. The summed E-state index contributed by atoms with van der Waals surface area (Å²) in [6.45, 7) is 24.1. The van der Waals surface area contributed by atoms with Crippen molar-refractivity contribution in [3.05, 3.63) is 60.7 Å². The van der Waals surface area contributed by atoms with Gasteiger partial charge in [0.1, 0.15) is 8.80 Å². The first-order valence-corrected chi connectivity index (χ1v) is 22.2. The lowest BCUT2D eigenvalue weighted by atomic mass is 10.4. The third-order valence-electron chi connectivity index (χ3n) is 6.25. The molecule has 0 fully saturated rings. The molecule has 2 aromatic carbocycles. The second-order valence-corrected chi connectivity index (χ2v) is 33.0. The van der Waals surface area contributed by atoms with Gasteiger partial charge >= 0.3 is 0 Å². The SMILES string of the molecule is C[Si](C)(C)C([SiH](c1ccccc1)c1ccccc1)([Si](C)(C)C)[Si](C)(C)C. The molecule has 2 rings (SSSR count). The minimum atomic E-state index is -1.45. The van der Waals surface area contributed by atoms with Crippen molar-refractivity contribution < 1.29 is 0 Å². The zero-order chi connectivity index (χ0) is 19.8. The lowest BCUT2D eigenvalue weighted by Crippen LogP contribution is -2.77. The van der Waals surface area contributed by atoms with Crippen molar-refractivity contribution in [1.82, 2.24) is 0 Å². The summed E-state index contributed by atoms with van der Waals surface area (Å²) in [5.41, 5.74) is 0. The predicted octanol–water partition coefficient (Wildman–Crippen LogP) is 5.40. The normalized spacial score (nSPS) is 13.9. The van der Waals surface area contributed by atoms with Crippen LogP contribution >= 0.6 is 0 Å². The maximum absolute atomic E-state index is 2.68. The van der Waals surface area contributed by atoms with E-state index < -0.39 is 33.0 Å². The fraction of sp³-hybridized carbons (Fsp3) is 0.455. The maximum atomic E-state index is 2.68. The molecular weight excluding hydrogens is 377 g/mol. The Morgan fingerprint density at radius 2 is 0.769 bits per heavy atom. The highest BCUT2D eigenvalue weighted by molar-refractivity contribution is 7.30. The van der Waals surface area contributed by atoms with E-state index in [9.17, 15) is 0 Å². The van der Waals surface area contributed by atoms with E-state index in [1.165, 1.54) is 0 Å². The molecule has 0 aliphatic heterocycles. The van der Waals surface area contributed by atoms with E-state index in [1.807, 2.05) is 0 Å². The van der Waals surface area contributed by atoms with Crippen LogP contribution in [-0.2, 0) is 0 Å². The van der Waals surface area contributed by atoms with Crippen LogP contribution in [-0.4, -0.2) is 33.0 Å². The van der Waals surface area contributed by atoms with Crippen LogP contribution in [0, 0.1) is 0 Å². The second kappa shape index (κ2) is 7.38. The van der Waals surface area contributed by atoms with E-state index in [0.717, 1.165) is 0 Å². The Hall–Kier alpha value is -0.692. The van der Waals surface area contributed by atoms with Gasteiger partial charge in [-0.3, -0.25) is 0 Å².